The van der Waals surface area contributed by atoms with E-state index >= 15 is 0 Å². The monoisotopic (exact) mass is 263 g/mol. The van der Waals surface area contributed by atoms with Crippen LogP contribution in [0.25, 0.3) is 11.0 Å². The first-order valence-corrected chi connectivity index (χ1v) is 6.69. The van der Waals surface area contributed by atoms with Crippen LogP contribution in [0.3, 0.4) is 0 Å². The number of hydrogen-bond acceptors (Lipinski definition) is 4. The fraction of sp³-hybridized carbons (Fsp3) is 0.308. The van der Waals surface area contributed by atoms with Gasteiger partial charge in [-0.25, -0.2) is 4.98 Å². The van der Waals surface area contributed by atoms with Crippen molar-refractivity contribution in [3.05, 3.63) is 30.4 Å². The highest BCUT2D eigenvalue weighted by Crippen LogP contribution is 2.23. The van der Waals surface area contributed by atoms with Gasteiger partial charge >= 0.3 is 0 Å². The number of imidazole rings is 1. The van der Waals surface area contributed by atoms with Gasteiger partial charge in [-0.15, -0.1) is 0 Å². The number of fused-ring (bicyclic) bond motifs is 1. The van der Waals surface area contributed by atoms with E-state index in [0.717, 1.165) is 39.8 Å². The number of H-pyrrole nitrogens is 1. The number of likely N-dealkylation sites (N-methyl/N-ethyl adjacent to an activating group) is 1. The predicted molar refractivity (Wildman–Crippen MR) is 76.4 cm³/mol. The van der Waals surface area contributed by atoms with E-state index < -0.39 is 0 Å². The van der Waals surface area contributed by atoms with Crippen molar-refractivity contribution in [2.75, 3.05) is 26.5 Å². The molecule has 0 radical (unpaired) electrons. The Hall–Kier alpha value is -1.46. The number of thioether (sulfide) groups is 1. The molecular weight excluding hydrogens is 246 g/mol. The Morgan fingerprint density at radius 3 is 3.11 bits per heavy atom. The number of nitrogens with zero attached hydrogens (tertiary/aromatic N) is 1. The molecule has 0 amide bonds. The average molecular weight is 263 g/mol. The highest BCUT2D eigenvalue weighted by molar-refractivity contribution is 7.99. The molecule has 2 aromatic rings. The minimum absolute atomic E-state index is 0.834. The van der Waals surface area contributed by atoms with E-state index in [4.69, 9.17) is 4.74 Å². The summed E-state index contributed by atoms with van der Waals surface area (Å²) in [5.41, 5.74) is 3.11. The van der Waals surface area contributed by atoms with Gasteiger partial charge in [0.15, 0.2) is 5.16 Å². The molecule has 0 aliphatic rings. The summed E-state index contributed by atoms with van der Waals surface area (Å²) in [6, 6.07) is 5.82. The molecule has 2 rings (SSSR count). The highest BCUT2D eigenvalue weighted by atomic mass is 32.2. The Kier molecular flexibility index (Phi) is 4.28. The van der Waals surface area contributed by atoms with E-state index in [2.05, 4.69) is 21.9 Å². The third-order valence-electron chi connectivity index (χ3n) is 2.51. The molecule has 0 saturated heterocycles. The van der Waals surface area contributed by atoms with E-state index in [1.807, 2.05) is 25.2 Å². The van der Waals surface area contributed by atoms with Crippen LogP contribution >= 0.6 is 11.8 Å². The fourth-order valence-corrected chi connectivity index (χ4v) is 2.42. The zero-order chi connectivity index (χ0) is 13.0. The summed E-state index contributed by atoms with van der Waals surface area (Å²) in [6.07, 6.45) is 0. The second-order valence-corrected chi connectivity index (χ2v) is 4.96. The summed E-state index contributed by atoms with van der Waals surface area (Å²) in [4.78, 5) is 7.79. The molecule has 1 aromatic heterocycles. The van der Waals surface area contributed by atoms with Crippen molar-refractivity contribution < 1.29 is 4.74 Å². The molecule has 0 aliphatic heterocycles. The SMILES string of the molecule is C=C(CNC)CSc1nc2ccc(OC)cc2[nH]1. The van der Waals surface area contributed by atoms with E-state index in [1.165, 1.54) is 0 Å². The van der Waals surface area contributed by atoms with Gasteiger partial charge in [0, 0.05) is 18.4 Å². The Bertz CT molecular complexity index is 550. The number of hydrogen-bond donors (Lipinski definition) is 2. The topological polar surface area (TPSA) is 49.9 Å². The van der Waals surface area contributed by atoms with Crippen LogP contribution in [0.2, 0.25) is 0 Å². The normalized spacial score (nSPS) is 10.8. The minimum atomic E-state index is 0.834. The molecule has 2 N–H and O–H groups in total. The molecular formula is C13H17N3OS. The molecule has 0 atom stereocenters. The van der Waals surface area contributed by atoms with Crippen LogP contribution in [0.4, 0.5) is 0 Å². The zero-order valence-corrected chi connectivity index (χ0v) is 11.4. The van der Waals surface area contributed by atoms with Crippen LogP contribution in [0.15, 0.2) is 35.5 Å². The van der Waals surface area contributed by atoms with Gasteiger partial charge in [-0.05, 0) is 19.2 Å². The third-order valence-corrected chi connectivity index (χ3v) is 3.53. The summed E-state index contributed by atoms with van der Waals surface area (Å²) in [5, 5.41) is 4.00. The summed E-state index contributed by atoms with van der Waals surface area (Å²) in [6.45, 7) is 4.83. The van der Waals surface area contributed by atoms with Crippen LogP contribution in [-0.2, 0) is 0 Å². The van der Waals surface area contributed by atoms with E-state index in [1.54, 1.807) is 18.9 Å². The van der Waals surface area contributed by atoms with Crippen molar-refractivity contribution in [1.82, 2.24) is 15.3 Å². The molecule has 0 spiro atoms. The number of aromatic nitrogens is 2. The lowest BCUT2D eigenvalue weighted by Gasteiger charge is -2.01. The fourth-order valence-electron chi connectivity index (χ4n) is 1.63. The standard InChI is InChI=1S/C13H17N3OS/c1-9(7-14-2)8-18-13-15-11-5-4-10(17-3)6-12(11)16-13/h4-6,14H,1,7-8H2,2-3H3,(H,15,16). The van der Waals surface area contributed by atoms with Crippen molar-refractivity contribution in [2.24, 2.45) is 0 Å². The summed E-state index contributed by atoms with van der Waals surface area (Å²) < 4.78 is 5.18. The Morgan fingerprint density at radius 2 is 2.39 bits per heavy atom. The second kappa shape index (κ2) is 5.93. The van der Waals surface area contributed by atoms with Gasteiger partial charge in [0.05, 0.1) is 18.1 Å². The number of benzene rings is 1. The maximum absolute atomic E-state index is 5.18. The van der Waals surface area contributed by atoms with Crippen LogP contribution in [0.5, 0.6) is 5.75 Å². The summed E-state index contributed by atoms with van der Waals surface area (Å²) >= 11 is 1.66. The van der Waals surface area contributed by atoms with Crippen molar-refractivity contribution in [1.29, 1.82) is 0 Å². The Labute approximate surface area is 111 Å². The quantitative estimate of drug-likeness (QED) is 0.621. The first kappa shape index (κ1) is 13.0. The predicted octanol–water partition coefficient (Wildman–Crippen LogP) is 2.44. The van der Waals surface area contributed by atoms with Gasteiger partial charge in [-0.3, -0.25) is 0 Å². The van der Waals surface area contributed by atoms with Crippen LogP contribution in [0, 0.1) is 0 Å². The van der Waals surface area contributed by atoms with Gasteiger partial charge in [-0.2, -0.15) is 0 Å². The lowest BCUT2D eigenvalue weighted by Crippen LogP contribution is -2.10. The Balaban J connectivity index is 2.08. The summed E-state index contributed by atoms with van der Waals surface area (Å²) in [7, 11) is 3.58. The van der Waals surface area contributed by atoms with Crippen molar-refractivity contribution in [2.45, 2.75) is 5.16 Å². The summed E-state index contributed by atoms with van der Waals surface area (Å²) in [5.74, 6) is 1.69. The van der Waals surface area contributed by atoms with E-state index in [9.17, 15) is 0 Å². The number of rotatable bonds is 6. The lowest BCUT2D eigenvalue weighted by atomic mass is 10.3. The third kappa shape index (κ3) is 3.05. The minimum Gasteiger partial charge on any atom is -0.497 e. The molecule has 0 aliphatic carbocycles. The maximum Gasteiger partial charge on any atom is 0.166 e. The molecule has 1 heterocycles. The first-order valence-electron chi connectivity index (χ1n) is 5.70. The largest absolute Gasteiger partial charge is 0.497 e. The molecule has 96 valence electrons. The van der Waals surface area contributed by atoms with Crippen molar-refractivity contribution in [3.8, 4) is 5.75 Å². The maximum atomic E-state index is 5.18. The molecule has 0 saturated carbocycles. The zero-order valence-electron chi connectivity index (χ0n) is 10.6. The van der Waals surface area contributed by atoms with Gasteiger partial charge < -0.3 is 15.0 Å². The molecule has 4 nitrogen and oxygen atoms in total. The average Bonchev–Trinajstić information content (AvgIpc) is 2.78. The van der Waals surface area contributed by atoms with Crippen molar-refractivity contribution >= 4 is 22.8 Å². The van der Waals surface area contributed by atoms with E-state index in [0.29, 0.717) is 0 Å². The second-order valence-electron chi connectivity index (χ2n) is 3.99. The molecule has 0 fully saturated rings. The van der Waals surface area contributed by atoms with Gasteiger partial charge in [0.1, 0.15) is 5.75 Å². The number of aromatic amines is 1. The number of ether oxygens (including phenoxy) is 1. The van der Waals surface area contributed by atoms with Gasteiger partial charge in [-0.1, -0.05) is 23.9 Å². The van der Waals surface area contributed by atoms with Gasteiger partial charge in [0.25, 0.3) is 0 Å². The molecule has 0 unspecified atom stereocenters. The number of methoxy groups -OCH3 is 1. The molecule has 5 heteroatoms. The van der Waals surface area contributed by atoms with Crippen LogP contribution in [-0.4, -0.2) is 36.4 Å². The molecule has 1 aromatic carbocycles. The van der Waals surface area contributed by atoms with Crippen LogP contribution in [0.1, 0.15) is 0 Å². The Morgan fingerprint density at radius 1 is 1.56 bits per heavy atom. The smallest absolute Gasteiger partial charge is 0.166 e. The first-order chi connectivity index (χ1) is 8.72. The molecule has 0 bridgehead atoms. The molecule has 18 heavy (non-hydrogen) atoms. The van der Waals surface area contributed by atoms with Crippen molar-refractivity contribution in [3.63, 3.8) is 0 Å². The highest BCUT2D eigenvalue weighted by Gasteiger charge is 2.05. The lowest BCUT2D eigenvalue weighted by molar-refractivity contribution is 0.415. The van der Waals surface area contributed by atoms with Crippen LogP contribution < -0.4 is 10.1 Å². The van der Waals surface area contributed by atoms with E-state index in [-0.39, 0.29) is 0 Å². The number of nitrogens with one attached hydrogen (secondary N) is 2. The van der Waals surface area contributed by atoms with Gasteiger partial charge in [0.2, 0.25) is 0 Å².